The van der Waals surface area contributed by atoms with E-state index in [0.29, 0.717) is 12.4 Å². The molecule has 0 saturated carbocycles. The lowest BCUT2D eigenvalue weighted by atomic mass is 9.73. The molecule has 1 aliphatic heterocycles. The average molecular weight is 564 g/mol. The third kappa shape index (κ3) is 4.65. The number of halogens is 2. The summed E-state index contributed by atoms with van der Waals surface area (Å²) < 4.78 is 0. The van der Waals surface area contributed by atoms with E-state index in [1.54, 1.807) is 0 Å². The van der Waals surface area contributed by atoms with Crippen LogP contribution in [0, 0.1) is 0 Å². The van der Waals surface area contributed by atoms with E-state index < -0.39 is 5.54 Å². The predicted octanol–water partition coefficient (Wildman–Crippen LogP) is 9.28. The molecule has 1 N–H and O–H groups in total. The minimum atomic E-state index is -0.650. The molecular formula is C36H32Cl2N2. The van der Waals surface area contributed by atoms with Crippen molar-refractivity contribution in [3.8, 4) is 11.1 Å². The van der Waals surface area contributed by atoms with Crippen molar-refractivity contribution in [3.63, 3.8) is 0 Å². The molecule has 2 nitrogen and oxygen atoms in total. The van der Waals surface area contributed by atoms with Crippen molar-refractivity contribution < 1.29 is 0 Å². The zero-order valence-corrected chi connectivity index (χ0v) is 24.2. The summed E-state index contributed by atoms with van der Waals surface area (Å²) in [4.78, 5) is 4.70. The highest BCUT2D eigenvalue weighted by molar-refractivity contribution is 6.31. The van der Waals surface area contributed by atoms with Crippen molar-refractivity contribution in [1.29, 1.82) is 0 Å². The summed E-state index contributed by atoms with van der Waals surface area (Å²) in [5.74, 6) is 0.487. The number of rotatable bonds is 5. The molecule has 1 atom stereocenters. The fourth-order valence-corrected chi connectivity index (χ4v) is 6.56. The molecule has 200 valence electrons. The van der Waals surface area contributed by atoms with Crippen molar-refractivity contribution in [1.82, 2.24) is 5.32 Å². The van der Waals surface area contributed by atoms with Gasteiger partial charge in [-0.2, -0.15) is 0 Å². The van der Waals surface area contributed by atoms with Gasteiger partial charge in [0.25, 0.3) is 0 Å². The second-order valence-corrected chi connectivity index (χ2v) is 11.3. The molecule has 4 heteroatoms. The monoisotopic (exact) mass is 562 g/mol. The fraction of sp³-hybridized carbons (Fsp3) is 0.194. The second-order valence-electron chi connectivity index (χ2n) is 10.5. The van der Waals surface area contributed by atoms with Gasteiger partial charge in [0.15, 0.2) is 0 Å². The van der Waals surface area contributed by atoms with E-state index in [2.05, 4.69) is 91.6 Å². The van der Waals surface area contributed by atoms with E-state index in [1.807, 2.05) is 24.6 Å². The lowest BCUT2D eigenvalue weighted by Gasteiger charge is -2.40. The van der Waals surface area contributed by atoms with Gasteiger partial charge in [-0.3, -0.25) is 10.3 Å². The van der Waals surface area contributed by atoms with Crippen LogP contribution in [-0.2, 0) is 18.4 Å². The Balaban J connectivity index is 1.75. The molecule has 6 rings (SSSR count). The topological polar surface area (TPSA) is 24.4 Å². The minimum Gasteiger partial charge on any atom is -0.299 e. The number of allylic oxidation sites excluding steroid dienone is 2. The van der Waals surface area contributed by atoms with Crippen LogP contribution < -0.4 is 5.32 Å². The van der Waals surface area contributed by atoms with Crippen molar-refractivity contribution in [2.75, 3.05) is 12.4 Å². The standard InChI is InChI=1S/C36H32Cl2N2/c1-3-24-19-32(23-39-22-24)36(40-17-16-37)30-14-15-34(38)28(20-30)9-8-25-6-5-7-29(18-25)35-26(4-2)10-11-27-12-13-31(36)21-33(27)35/h3-7,10-15,18,20-23,40H,2,8-9,16-17,19H2,1H3/b24-3-. The van der Waals surface area contributed by atoms with Gasteiger partial charge < -0.3 is 0 Å². The Morgan fingerprint density at radius 1 is 1.00 bits per heavy atom. The first-order valence-corrected chi connectivity index (χ1v) is 14.8. The number of aryl methyl sites for hydroxylation is 2. The lowest BCUT2D eigenvalue weighted by molar-refractivity contribution is 0.470. The first-order valence-electron chi connectivity index (χ1n) is 13.8. The molecule has 2 aliphatic rings. The van der Waals surface area contributed by atoms with Crippen LogP contribution in [0.25, 0.3) is 28.0 Å². The van der Waals surface area contributed by atoms with Crippen LogP contribution >= 0.6 is 23.2 Å². The summed E-state index contributed by atoms with van der Waals surface area (Å²) in [5, 5.41) is 7.09. The molecule has 0 spiro atoms. The van der Waals surface area contributed by atoms with Crippen LogP contribution in [0.1, 0.15) is 41.2 Å². The molecule has 40 heavy (non-hydrogen) atoms. The molecule has 0 fully saturated rings. The molecular weight excluding hydrogens is 531 g/mol. The van der Waals surface area contributed by atoms with E-state index in [-0.39, 0.29) is 0 Å². The molecule has 6 bridgehead atoms. The number of fused-ring (bicyclic) bond motifs is 6. The molecule has 0 saturated heterocycles. The van der Waals surface area contributed by atoms with Gasteiger partial charge in [0.2, 0.25) is 0 Å². The van der Waals surface area contributed by atoms with Gasteiger partial charge in [-0.25, -0.2) is 0 Å². The summed E-state index contributed by atoms with van der Waals surface area (Å²) in [7, 11) is 0. The van der Waals surface area contributed by atoms with E-state index in [0.717, 1.165) is 46.5 Å². The van der Waals surface area contributed by atoms with Crippen LogP contribution in [0.3, 0.4) is 0 Å². The van der Waals surface area contributed by atoms with Crippen LogP contribution in [-0.4, -0.2) is 18.6 Å². The molecule has 4 aromatic rings. The number of aliphatic imine (C=N–C) groups is 1. The lowest BCUT2D eigenvalue weighted by Crippen LogP contribution is -2.46. The first kappa shape index (κ1) is 26.8. The third-order valence-corrected chi connectivity index (χ3v) is 8.84. The van der Waals surface area contributed by atoms with Crippen LogP contribution in [0.5, 0.6) is 0 Å². The Labute approximate surface area is 246 Å². The Morgan fingerprint density at radius 3 is 2.65 bits per heavy atom. The maximum absolute atomic E-state index is 6.83. The van der Waals surface area contributed by atoms with Crippen LogP contribution in [0.2, 0.25) is 5.02 Å². The predicted molar refractivity (Wildman–Crippen MR) is 173 cm³/mol. The number of hydrogen-bond acceptors (Lipinski definition) is 2. The fourth-order valence-electron chi connectivity index (χ4n) is 6.25. The highest BCUT2D eigenvalue weighted by atomic mass is 35.5. The zero-order valence-electron chi connectivity index (χ0n) is 22.7. The minimum absolute atomic E-state index is 0.487. The van der Waals surface area contributed by atoms with Gasteiger partial charge in [-0.1, -0.05) is 91.0 Å². The van der Waals surface area contributed by atoms with Gasteiger partial charge in [0.1, 0.15) is 0 Å². The van der Waals surface area contributed by atoms with Gasteiger partial charge in [0.05, 0.1) is 5.54 Å². The van der Waals surface area contributed by atoms with Gasteiger partial charge >= 0.3 is 0 Å². The number of nitrogens with zero attached hydrogens (tertiary/aromatic N) is 1. The smallest absolute Gasteiger partial charge is 0.0929 e. The van der Waals surface area contributed by atoms with Crippen LogP contribution in [0.4, 0.5) is 0 Å². The van der Waals surface area contributed by atoms with Crippen LogP contribution in [0.15, 0.2) is 108 Å². The van der Waals surface area contributed by atoms with Gasteiger partial charge in [0, 0.05) is 29.9 Å². The Hall–Kier alpha value is -3.43. The second kappa shape index (κ2) is 11.2. The first-order chi connectivity index (χ1) is 19.6. The third-order valence-electron chi connectivity index (χ3n) is 8.29. The van der Waals surface area contributed by atoms with Gasteiger partial charge in [-0.05, 0) is 99.2 Å². The summed E-state index contributed by atoms with van der Waals surface area (Å²) in [6.45, 7) is 6.87. The van der Waals surface area contributed by atoms with E-state index in [1.165, 1.54) is 38.6 Å². The number of benzene rings is 4. The Bertz CT molecular complexity index is 1710. The summed E-state index contributed by atoms with van der Waals surface area (Å²) in [6, 6.07) is 26.6. The Kier molecular flexibility index (Phi) is 7.51. The van der Waals surface area contributed by atoms with E-state index in [4.69, 9.17) is 28.2 Å². The Morgan fingerprint density at radius 2 is 1.82 bits per heavy atom. The zero-order chi connectivity index (χ0) is 27.7. The maximum Gasteiger partial charge on any atom is 0.0929 e. The van der Waals surface area contributed by atoms with Crippen molar-refractivity contribution in [2.45, 2.75) is 31.7 Å². The van der Waals surface area contributed by atoms with E-state index in [9.17, 15) is 0 Å². The SMILES string of the molecule is C=Cc1ccc2ccc3cc2c1-c1cccc(c1)CCc1cc(ccc1Cl)C3(NCCCl)C1=CN=C/C(=C\C)C1. The number of nitrogens with one attached hydrogen (secondary N) is 1. The normalized spacial score (nSPS) is 19.2. The van der Waals surface area contributed by atoms with Crippen molar-refractivity contribution >= 4 is 46.3 Å². The highest BCUT2D eigenvalue weighted by Crippen LogP contribution is 2.44. The average Bonchev–Trinajstić information content (AvgIpc) is 3.00. The molecule has 4 aromatic carbocycles. The summed E-state index contributed by atoms with van der Waals surface area (Å²) in [5.41, 5.74) is 9.95. The largest absolute Gasteiger partial charge is 0.299 e. The molecule has 1 heterocycles. The molecule has 0 radical (unpaired) electrons. The quantitative estimate of drug-likeness (QED) is 0.241. The molecule has 1 aliphatic carbocycles. The van der Waals surface area contributed by atoms with E-state index >= 15 is 0 Å². The number of alkyl halides is 1. The molecule has 0 amide bonds. The molecule has 0 aromatic heterocycles. The number of hydrogen-bond donors (Lipinski definition) is 1. The summed E-state index contributed by atoms with van der Waals surface area (Å²) in [6.07, 6.45) is 10.6. The maximum atomic E-state index is 6.83. The van der Waals surface area contributed by atoms with Crippen molar-refractivity contribution in [2.24, 2.45) is 4.99 Å². The summed E-state index contributed by atoms with van der Waals surface area (Å²) >= 11 is 13.2. The molecule has 1 unspecified atom stereocenters. The van der Waals surface area contributed by atoms with Crippen molar-refractivity contribution in [3.05, 3.63) is 136 Å². The highest BCUT2D eigenvalue weighted by Gasteiger charge is 2.39. The van der Waals surface area contributed by atoms with Gasteiger partial charge in [-0.15, -0.1) is 11.6 Å².